The Hall–Kier alpha value is -2.79. The number of rotatable bonds is 3. The minimum absolute atomic E-state index is 0.154. The molecule has 26 heavy (non-hydrogen) atoms. The fourth-order valence-corrected chi connectivity index (χ4v) is 3.62. The Morgan fingerprint density at radius 3 is 2.15 bits per heavy atom. The van der Waals surface area contributed by atoms with E-state index in [1.165, 1.54) is 4.90 Å². The third kappa shape index (κ3) is 3.06. The molecule has 2 aromatic rings. The fourth-order valence-electron chi connectivity index (χ4n) is 3.36. The molecule has 130 valence electrons. The number of amides is 2. The summed E-state index contributed by atoms with van der Waals surface area (Å²) in [6.07, 6.45) is 2.80. The van der Waals surface area contributed by atoms with Gasteiger partial charge in [-0.3, -0.25) is 14.5 Å². The molecule has 2 aromatic carbocycles. The van der Waals surface area contributed by atoms with E-state index in [-0.39, 0.29) is 23.7 Å². The number of benzene rings is 2. The van der Waals surface area contributed by atoms with Crippen molar-refractivity contribution in [3.05, 3.63) is 65.7 Å². The lowest BCUT2D eigenvalue weighted by molar-refractivity contribution is -0.122. The molecular weight excluding hydrogens is 350 g/mol. The van der Waals surface area contributed by atoms with Crippen LogP contribution < -0.4 is 4.90 Å². The first-order valence-corrected chi connectivity index (χ1v) is 8.80. The van der Waals surface area contributed by atoms with Crippen molar-refractivity contribution in [1.82, 2.24) is 0 Å². The van der Waals surface area contributed by atoms with Crippen molar-refractivity contribution in [3.63, 3.8) is 0 Å². The van der Waals surface area contributed by atoms with E-state index in [1.807, 2.05) is 36.4 Å². The van der Waals surface area contributed by atoms with Crippen LogP contribution in [0, 0.1) is 11.8 Å². The maximum atomic E-state index is 12.7. The van der Waals surface area contributed by atoms with Crippen LogP contribution in [0.1, 0.15) is 12.8 Å². The van der Waals surface area contributed by atoms with Crippen molar-refractivity contribution >= 4 is 40.5 Å². The molecule has 1 heterocycles. The molecule has 2 atom stereocenters. The minimum atomic E-state index is -0.350. The van der Waals surface area contributed by atoms with Crippen LogP contribution in [0.4, 0.5) is 17.1 Å². The van der Waals surface area contributed by atoms with Gasteiger partial charge >= 0.3 is 0 Å². The molecule has 5 nitrogen and oxygen atoms in total. The molecule has 0 aromatic heterocycles. The van der Waals surface area contributed by atoms with Gasteiger partial charge in [-0.25, -0.2) is 0 Å². The predicted molar refractivity (Wildman–Crippen MR) is 99.7 cm³/mol. The molecule has 2 amide bonds. The Bertz CT molecular complexity index is 906. The topological polar surface area (TPSA) is 62.1 Å². The fraction of sp³-hybridized carbons (Fsp3) is 0.200. The van der Waals surface area contributed by atoms with E-state index in [1.54, 1.807) is 24.3 Å². The van der Waals surface area contributed by atoms with E-state index in [2.05, 4.69) is 10.2 Å². The van der Waals surface area contributed by atoms with Gasteiger partial charge in [-0.2, -0.15) is 10.2 Å². The SMILES string of the molecule is O=C1[C@H]2CC=C(Cl)C[C@@H]2C(=O)N1c1ccc(N=Nc2ccccc2)cc1. The van der Waals surface area contributed by atoms with Crippen LogP contribution in [-0.4, -0.2) is 11.8 Å². The Morgan fingerprint density at radius 1 is 0.846 bits per heavy atom. The van der Waals surface area contributed by atoms with Gasteiger partial charge in [-0.1, -0.05) is 35.9 Å². The number of hydrogen-bond donors (Lipinski definition) is 0. The number of azo groups is 1. The van der Waals surface area contributed by atoms with Gasteiger partial charge in [0.2, 0.25) is 11.8 Å². The van der Waals surface area contributed by atoms with Crippen LogP contribution >= 0.6 is 11.6 Å². The number of carbonyl (C=O) groups is 2. The normalized spacial score (nSPS) is 22.7. The van der Waals surface area contributed by atoms with Crippen molar-refractivity contribution in [2.24, 2.45) is 22.1 Å². The highest BCUT2D eigenvalue weighted by Gasteiger charge is 2.48. The standard InChI is InChI=1S/C20H16ClN3O2/c21-13-6-11-17-18(12-13)20(26)24(19(17)25)16-9-7-15(8-10-16)23-22-14-4-2-1-3-5-14/h1-10,17-18H,11-12H2/t17-,18-/m0/s1. The summed E-state index contributed by atoms with van der Waals surface area (Å²) in [5.74, 6) is -0.983. The molecule has 0 unspecified atom stereocenters. The van der Waals surface area contributed by atoms with E-state index in [4.69, 9.17) is 11.6 Å². The average molecular weight is 366 g/mol. The molecule has 4 rings (SSSR count). The van der Waals surface area contributed by atoms with E-state index >= 15 is 0 Å². The number of allylic oxidation sites excluding steroid dienone is 2. The van der Waals surface area contributed by atoms with Gasteiger partial charge in [0.25, 0.3) is 0 Å². The van der Waals surface area contributed by atoms with Crippen molar-refractivity contribution < 1.29 is 9.59 Å². The number of anilines is 1. The van der Waals surface area contributed by atoms with Crippen LogP contribution in [0.25, 0.3) is 0 Å². The second kappa shape index (κ2) is 6.84. The molecule has 1 aliphatic carbocycles. The molecule has 1 saturated heterocycles. The molecule has 0 saturated carbocycles. The second-order valence-corrected chi connectivity index (χ2v) is 6.85. The maximum absolute atomic E-state index is 12.7. The zero-order chi connectivity index (χ0) is 18.1. The summed E-state index contributed by atoms with van der Waals surface area (Å²) in [4.78, 5) is 26.6. The van der Waals surface area contributed by atoms with Gasteiger partial charge in [0.05, 0.1) is 28.9 Å². The first-order chi connectivity index (χ1) is 12.6. The van der Waals surface area contributed by atoms with Crippen molar-refractivity contribution in [2.45, 2.75) is 12.8 Å². The van der Waals surface area contributed by atoms with Crippen LogP contribution in [-0.2, 0) is 9.59 Å². The number of fused-ring (bicyclic) bond motifs is 1. The van der Waals surface area contributed by atoms with Gasteiger partial charge in [0, 0.05) is 5.03 Å². The highest BCUT2D eigenvalue weighted by molar-refractivity contribution is 6.30. The Morgan fingerprint density at radius 2 is 1.46 bits per heavy atom. The number of hydrogen-bond acceptors (Lipinski definition) is 4. The van der Waals surface area contributed by atoms with Crippen molar-refractivity contribution in [2.75, 3.05) is 4.90 Å². The van der Waals surface area contributed by atoms with Crippen LogP contribution in [0.2, 0.25) is 0 Å². The van der Waals surface area contributed by atoms with Gasteiger partial charge in [-0.05, 0) is 49.2 Å². The summed E-state index contributed by atoms with van der Waals surface area (Å²) in [6, 6.07) is 16.4. The Balaban J connectivity index is 1.53. The van der Waals surface area contributed by atoms with Crippen molar-refractivity contribution in [3.8, 4) is 0 Å². The summed E-state index contributed by atoms with van der Waals surface area (Å²) in [6.45, 7) is 0. The van der Waals surface area contributed by atoms with Crippen molar-refractivity contribution in [1.29, 1.82) is 0 Å². The third-order valence-electron chi connectivity index (χ3n) is 4.71. The van der Waals surface area contributed by atoms with E-state index in [0.29, 0.717) is 29.2 Å². The second-order valence-electron chi connectivity index (χ2n) is 6.37. The van der Waals surface area contributed by atoms with E-state index < -0.39 is 0 Å². The summed E-state index contributed by atoms with van der Waals surface area (Å²) in [5, 5.41) is 8.99. The zero-order valence-corrected chi connectivity index (χ0v) is 14.6. The molecule has 2 aliphatic rings. The van der Waals surface area contributed by atoms with Gasteiger partial charge in [-0.15, -0.1) is 0 Å². The van der Waals surface area contributed by atoms with Crippen LogP contribution in [0.3, 0.4) is 0 Å². The average Bonchev–Trinajstić information content (AvgIpc) is 2.91. The zero-order valence-electron chi connectivity index (χ0n) is 13.9. The monoisotopic (exact) mass is 365 g/mol. The smallest absolute Gasteiger partial charge is 0.238 e. The highest BCUT2D eigenvalue weighted by atomic mass is 35.5. The molecular formula is C20H16ClN3O2. The predicted octanol–water partition coefficient (Wildman–Crippen LogP) is 5.12. The number of imide groups is 1. The van der Waals surface area contributed by atoms with Crippen LogP contribution in [0.5, 0.6) is 0 Å². The summed E-state index contributed by atoms with van der Waals surface area (Å²) in [7, 11) is 0. The molecule has 1 aliphatic heterocycles. The molecule has 0 spiro atoms. The number of halogens is 1. The largest absolute Gasteiger partial charge is 0.274 e. The van der Waals surface area contributed by atoms with Crippen LogP contribution in [0.15, 0.2) is 75.9 Å². The molecule has 0 N–H and O–H groups in total. The lowest BCUT2D eigenvalue weighted by Gasteiger charge is -2.17. The molecule has 0 radical (unpaired) electrons. The number of carbonyl (C=O) groups excluding carboxylic acids is 2. The summed E-state index contributed by atoms with van der Waals surface area (Å²) in [5.41, 5.74) is 1.97. The van der Waals surface area contributed by atoms with Gasteiger partial charge in [0.15, 0.2) is 0 Å². The first-order valence-electron chi connectivity index (χ1n) is 8.42. The summed E-state index contributed by atoms with van der Waals surface area (Å²) < 4.78 is 0. The van der Waals surface area contributed by atoms with Gasteiger partial charge < -0.3 is 0 Å². The van der Waals surface area contributed by atoms with Gasteiger partial charge in [0.1, 0.15) is 0 Å². The lowest BCUT2D eigenvalue weighted by Crippen LogP contribution is -2.30. The maximum Gasteiger partial charge on any atom is 0.238 e. The third-order valence-corrected chi connectivity index (χ3v) is 5.02. The molecule has 1 fully saturated rings. The Labute approximate surface area is 156 Å². The first kappa shape index (κ1) is 16.7. The lowest BCUT2D eigenvalue weighted by atomic mass is 9.85. The number of nitrogens with zero attached hydrogens (tertiary/aromatic N) is 3. The van der Waals surface area contributed by atoms with E-state index in [9.17, 15) is 9.59 Å². The molecule has 0 bridgehead atoms. The Kier molecular flexibility index (Phi) is 4.39. The van der Waals surface area contributed by atoms with E-state index in [0.717, 1.165) is 5.69 Å². The summed E-state index contributed by atoms with van der Waals surface area (Å²) >= 11 is 6.05. The molecule has 6 heteroatoms. The quantitative estimate of drug-likeness (QED) is 0.559. The minimum Gasteiger partial charge on any atom is -0.274 e. The highest BCUT2D eigenvalue weighted by Crippen LogP contribution is 2.40.